The second kappa shape index (κ2) is 6.22. The van der Waals surface area contributed by atoms with Gasteiger partial charge in [0, 0.05) is 11.6 Å². The van der Waals surface area contributed by atoms with Crippen LogP contribution in [0.15, 0.2) is 54.6 Å². The number of rotatable bonds is 2. The zero-order valence-corrected chi connectivity index (χ0v) is 8.05. The summed E-state index contributed by atoms with van der Waals surface area (Å²) in [7, 11) is 0. The van der Waals surface area contributed by atoms with E-state index in [1.165, 1.54) is 6.08 Å². The van der Waals surface area contributed by atoms with Gasteiger partial charge in [0.25, 0.3) is 0 Å². The standard InChI is InChI=1S/C13H10O2/c14-13(15)11-7-2-1-4-8-12-9-5-3-6-10-12/h1-3,5-7,9-11H,(H,14,15)/b2-1+,11-7-. The summed E-state index contributed by atoms with van der Waals surface area (Å²) in [6.45, 7) is 0. The first kappa shape index (κ1) is 10.8. The van der Waals surface area contributed by atoms with Gasteiger partial charge in [0.15, 0.2) is 0 Å². The van der Waals surface area contributed by atoms with E-state index in [4.69, 9.17) is 5.11 Å². The molecule has 0 spiro atoms. The Hall–Kier alpha value is -2.27. The molecule has 0 aliphatic carbocycles. The van der Waals surface area contributed by atoms with Crippen molar-refractivity contribution < 1.29 is 9.90 Å². The van der Waals surface area contributed by atoms with Crippen molar-refractivity contribution >= 4 is 5.97 Å². The van der Waals surface area contributed by atoms with Crippen molar-refractivity contribution in [3.05, 3.63) is 60.2 Å². The quantitative estimate of drug-likeness (QED) is 0.449. The Labute approximate surface area is 88.6 Å². The van der Waals surface area contributed by atoms with Gasteiger partial charge in [-0.05, 0) is 18.2 Å². The molecule has 1 aromatic carbocycles. The third-order valence-electron chi connectivity index (χ3n) is 1.52. The van der Waals surface area contributed by atoms with Crippen molar-refractivity contribution in [1.82, 2.24) is 0 Å². The predicted octanol–water partition coefficient (Wildman–Crippen LogP) is 2.24. The van der Waals surface area contributed by atoms with E-state index in [0.717, 1.165) is 11.6 Å². The minimum atomic E-state index is -0.962. The Morgan fingerprint density at radius 1 is 1.20 bits per heavy atom. The zero-order valence-electron chi connectivity index (χ0n) is 8.05. The minimum Gasteiger partial charge on any atom is -0.478 e. The van der Waals surface area contributed by atoms with Crippen LogP contribution < -0.4 is 0 Å². The van der Waals surface area contributed by atoms with Crippen LogP contribution in [0.25, 0.3) is 0 Å². The lowest BCUT2D eigenvalue weighted by molar-refractivity contribution is -0.131. The van der Waals surface area contributed by atoms with Crippen molar-refractivity contribution in [3.63, 3.8) is 0 Å². The summed E-state index contributed by atoms with van der Waals surface area (Å²) in [5.74, 6) is 4.75. The summed E-state index contributed by atoms with van der Waals surface area (Å²) in [6.07, 6.45) is 5.68. The molecule has 1 rings (SSSR count). The third-order valence-corrected chi connectivity index (χ3v) is 1.52. The van der Waals surface area contributed by atoms with Gasteiger partial charge in [-0.2, -0.15) is 0 Å². The molecule has 0 aliphatic rings. The second-order valence-corrected chi connectivity index (χ2v) is 2.69. The summed E-state index contributed by atoms with van der Waals surface area (Å²) in [5, 5.41) is 8.29. The summed E-state index contributed by atoms with van der Waals surface area (Å²) >= 11 is 0. The molecule has 0 radical (unpaired) electrons. The highest BCUT2D eigenvalue weighted by atomic mass is 16.4. The fourth-order valence-electron chi connectivity index (χ4n) is 0.888. The number of allylic oxidation sites excluding steroid dienone is 3. The molecule has 0 saturated heterocycles. The van der Waals surface area contributed by atoms with Gasteiger partial charge < -0.3 is 5.11 Å². The molecule has 2 heteroatoms. The van der Waals surface area contributed by atoms with Gasteiger partial charge in [-0.25, -0.2) is 4.79 Å². The van der Waals surface area contributed by atoms with Crippen LogP contribution >= 0.6 is 0 Å². The maximum Gasteiger partial charge on any atom is 0.328 e. The number of carboxylic acid groups (broad SMARTS) is 1. The van der Waals surface area contributed by atoms with Crippen LogP contribution in [-0.4, -0.2) is 11.1 Å². The van der Waals surface area contributed by atoms with E-state index < -0.39 is 5.97 Å². The van der Waals surface area contributed by atoms with E-state index in [0.29, 0.717) is 0 Å². The number of aliphatic carboxylic acids is 1. The first-order valence-electron chi connectivity index (χ1n) is 4.42. The Balaban J connectivity index is 2.50. The summed E-state index contributed by atoms with van der Waals surface area (Å²) in [6, 6.07) is 9.58. The molecule has 0 heterocycles. The van der Waals surface area contributed by atoms with E-state index in [-0.39, 0.29) is 0 Å². The average Bonchev–Trinajstić information content (AvgIpc) is 2.24. The Kier molecular flexibility index (Phi) is 4.49. The molecule has 0 saturated carbocycles. The van der Waals surface area contributed by atoms with Crippen molar-refractivity contribution in [2.45, 2.75) is 0 Å². The molecular weight excluding hydrogens is 188 g/mol. The maximum atomic E-state index is 10.1. The number of hydrogen-bond donors (Lipinski definition) is 1. The van der Waals surface area contributed by atoms with Crippen LogP contribution in [0.1, 0.15) is 5.56 Å². The highest BCUT2D eigenvalue weighted by Crippen LogP contribution is 1.94. The van der Waals surface area contributed by atoms with Crippen LogP contribution in [0.5, 0.6) is 0 Å². The number of benzene rings is 1. The molecule has 0 unspecified atom stereocenters. The molecular formula is C13H10O2. The normalized spacial score (nSPS) is 10.1. The molecule has 0 fully saturated rings. The van der Waals surface area contributed by atoms with Crippen molar-refractivity contribution in [2.75, 3.05) is 0 Å². The summed E-state index contributed by atoms with van der Waals surface area (Å²) < 4.78 is 0. The van der Waals surface area contributed by atoms with Gasteiger partial charge in [0.2, 0.25) is 0 Å². The third kappa shape index (κ3) is 5.12. The fourth-order valence-corrected chi connectivity index (χ4v) is 0.888. The SMILES string of the molecule is O=C(O)/C=C\C=C\C#Cc1ccccc1. The molecule has 1 aromatic rings. The lowest BCUT2D eigenvalue weighted by atomic mass is 10.2. The Morgan fingerprint density at radius 3 is 2.60 bits per heavy atom. The van der Waals surface area contributed by atoms with Crippen LogP contribution in [0.4, 0.5) is 0 Å². The second-order valence-electron chi connectivity index (χ2n) is 2.69. The highest BCUT2D eigenvalue weighted by molar-refractivity contribution is 5.80. The number of carbonyl (C=O) groups is 1. The van der Waals surface area contributed by atoms with Gasteiger partial charge in [0.1, 0.15) is 0 Å². The maximum absolute atomic E-state index is 10.1. The van der Waals surface area contributed by atoms with E-state index in [1.807, 2.05) is 30.3 Å². The smallest absolute Gasteiger partial charge is 0.328 e. The molecule has 15 heavy (non-hydrogen) atoms. The van der Waals surface area contributed by atoms with Crippen molar-refractivity contribution in [1.29, 1.82) is 0 Å². The number of carboxylic acids is 1. The summed E-state index contributed by atoms with van der Waals surface area (Å²) in [5.41, 5.74) is 0.935. The topological polar surface area (TPSA) is 37.3 Å². The zero-order chi connectivity index (χ0) is 10.9. The average molecular weight is 198 g/mol. The van der Waals surface area contributed by atoms with Gasteiger partial charge in [-0.3, -0.25) is 0 Å². The first-order chi connectivity index (χ1) is 7.29. The molecule has 0 aliphatic heterocycles. The Bertz CT molecular complexity index is 431. The molecule has 0 bridgehead atoms. The lowest BCUT2D eigenvalue weighted by Gasteiger charge is -1.84. The van der Waals surface area contributed by atoms with E-state index in [2.05, 4.69) is 11.8 Å². The van der Waals surface area contributed by atoms with Crippen LogP contribution in [0.2, 0.25) is 0 Å². The predicted molar refractivity (Wildman–Crippen MR) is 59.2 cm³/mol. The van der Waals surface area contributed by atoms with E-state index in [9.17, 15) is 4.79 Å². The molecule has 74 valence electrons. The highest BCUT2D eigenvalue weighted by Gasteiger charge is 1.80. The van der Waals surface area contributed by atoms with E-state index in [1.54, 1.807) is 12.2 Å². The molecule has 0 atom stereocenters. The van der Waals surface area contributed by atoms with Gasteiger partial charge in [0.05, 0.1) is 0 Å². The Morgan fingerprint density at radius 2 is 1.93 bits per heavy atom. The molecule has 0 amide bonds. The van der Waals surface area contributed by atoms with Crippen molar-refractivity contribution in [2.24, 2.45) is 0 Å². The minimum absolute atomic E-state index is 0.935. The monoisotopic (exact) mass is 198 g/mol. The van der Waals surface area contributed by atoms with Gasteiger partial charge >= 0.3 is 5.97 Å². The fraction of sp³-hybridized carbons (Fsp3) is 0. The van der Waals surface area contributed by atoms with Gasteiger partial charge in [-0.15, -0.1) is 0 Å². The largest absolute Gasteiger partial charge is 0.478 e. The summed E-state index contributed by atoms with van der Waals surface area (Å²) in [4.78, 5) is 10.1. The van der Waals surface area contributed by atoms with Crippen LogP contribution in [0.3, 0.4) is 0 Å². The van der Waals surface area contributed by atoms with Gasteiger partial charge in [-0.1, -0.05) is 42.2 Å². The molecule has 0 aromatic heterocycles. The lowest BCUT2D eigenvalue weighted by Crippen LogP contribution is -1.84. The van der Waals surface area contributed by atoms with E-state index >= 15 is 0 Å². The molecule has 1 N–H and O–H groups in total. The molecule has 2 nitrogen and oxygen atoms in total. The van der Waals surface area contributed by atoms with Crippen molar-refractivity contribution in [3.8, 4) is 11.8 Å². The first-order valence-corrected chi connectivity index (χ1v) is 4.42. The number of hydrogen-bond acceptors (Lipinski definition) is 1. The van der Waals surface area contributed by atoms with Crippen LogP contribution in [-0.2, 0) is 4.79 Å². The van der Waals surface area contributed by atoms with Crippen LogP contribution in [0, 0.1) is 11.8 Å².